The summed E-state index contributed by atoms with van der Waals surface area (Å²) in [6.45, 7) is 6.46. The van der Waals surface area contributed by atoms with Crippen LogP contribution in [0.1, 0.15) is 51.5 Å². The molecule has 0 saturated carbocycles. The SMILES string of the molecule is Cc1c(-c2nc3cc(CN4CCCC4)cc(C#N)c3o2)cccc1-c1cccc(NC(=O)c2nc3c(n2C)CCNC3)c1Cl. The molecular weight excluding hydrogens is 574 g/mol. The number of oxazole rings is 1. The lowest BCUT2D eigenvalue weighted by Gasteiger charge is -2.14. The molecule has 0 atom stereocenters. The van der Waals surface area contributed by atoms with Crippen molar-refractivity contribution in [2.45, 2.75) is 39.3 Å². The van der Waals surface area contributed by atoms with Gasteiger partial charge in [-0.05, 0) is 73.8 Å². The van der Waals surface area contributed by atoms with Gasteiger partial charge in [-0.1, -0.05) is 35.9 Å². The lowest BCUT2D eigenvalue weighted by atomic mass is 9.96. The van der Waals surface area contributed by atoms with Crippen molar-refractivity contribution in [2.75, 3.05) is 25.0 Å². The van der Waals surface area contributed by atoms with Crippen molar-refractivity contribution < 1.29 is 9.21 Å². The maximum atomic E-state index is 13.3. The monoisotopic (exact) mass is 605 g/mol. The van der Waals surface area contributed by atoms with Crippen molar-refractivity contribution in [2.24, 2.45) is 7.05 Å². The summed E-state index contributed by atoms with van der Waals surface area (Å²) >= 11 is 6.95. The molecule has 0 radical (unpaired) electrons. The van der Waals surface area contributed by atoms with E-state index in [-0.39, 0.29) is 5.91 Å². The number of benzene rings is 3. The Kier molecular flexibility index (Phi) is 7.42. The van der Waals surface area contributed by atoms with Crippen LogP contribution in [0.4, 0.5) is 5.69 Å². The third kappa shape index (κ3) is 5.05. The maximum absolute atomic E-state index is 13.3. The van der Waals surface area contributed by atoms with Gasteiger partial charge in [0.05, 0.1) is 22.0 Å². The number of halogens is 1. The molecule has 1 saturated heterocycles. The standard InChI is InChI=1S/C34H32ClN7O2/c1-20-23(25-9-6-10-26(30(25)35)39-33(43)32-38-28-18-37-12-11-29(28)41(32)2)7-5-8-24(20)34-40-27-16-21(19-42-13-3-4-14-42)15-22(17-36)31(27)44-34/h5-10,15-16,37H,3-4,11-14,18-19H2,1-2H3,(H,39,43). The highest BCUT2D eigenvalue weighted by atomic mass is 35.5. The van der Waals surface area contributed by atoms with Crippen LogP contribution < -0.4 is 10.6 Å². The van der Waals surface area contributed by atoms with Crippen LogP contribution in [0, 0.1) is 18.3 Å². The van der Waals surface area contributed by atoms with Crippen LogP contribution in [0.15, 0.2) is 52.9 Å². The molecule has 0 bridgehead atoms. The van der Waals surface area contributed by atoms with Gasteiger partial charge in [-0.3, -0.25) is 9.69 Å². The lowest BCUT2D eigenvalue weighted by molar-refractivity contribution is 0.101. The number of hydrogen-bond acceptors (Lipinski definition) is 7. The predicted molar refractivity (Wildman–Crippen MR) is 170 cm³/mol. The first-order valence-corrected chi connectivity index (χ1v) is 15.3. The van der Waals surface area contributed by atoms with Crippen molar-refractivity contribution in [1.29, 1.82) is 5.26 Å². The molecule has 3 aromatic carbocycles. The Labute approximate surface area is 260 Å². The molecule has 0 spiro atoms. The summed E-state index contributed by atoms with van der Waals surface area (Å²) < 4.78 is 8.09. The average molecular weight is 606 g/mol. The number of likely N-dealkylation sites (tertiary alicyclic amines) is 1. The minimum absolute atomic E-state index is 0.310. The Balaban J connectivity index is 1.20. The fourth-order valence-corrected chi connectivity index (χ4v) is 6.69. The van der Waals surface area contributed by atoms with Gasteiger partial charge in [0.2, 0.25) is 5.89 Å². The summed E-state index contributed by atoms with van der Waals surface area (Å²) in [7, 11) is 1.87. The van der Waals surface area contributed by atoms with E-state index in [4.69, 9.17) is 21.0 Å². The van der Waals surface area contributed by atoms with E-state index < -0.39 is 0 Å². The first-order valence-electron chi connectivity index (χ1n) is 14.9. The van der Waals surface area contributed by atoms with Crippen LogP contribution in [0.3, 0.4) is 0 Å². The topological polar surface area (TPSA) is 112 Å². The quantitative estimate of drug-likeness (QED) is 0.236. The Hall–Kier alpha value is -4.49. The minimum Gasteiger partial charge on any atom is -0.435 e. The molecule has 44 heavy (non-hydrogen) atoms. The first kappa shape index (κ1) is 28.3. The van der Waals surface area contributed by atoms with E-state index in [0.717, 1.165) is 71.8 Å². The van der Waals surface area contributed by atoms with Gasteiger partial charge in [0, 0.05) is 49.9 Å². The van der Waals surface area contributed by atoms with Crippen LogP contribution in [-0.2, 0) is 26.6 Å². The second kappa shape index (κ2) is 11.5. The van der Waals surface area contributed by atoms with Gasteiger partial charge in [-0.2, -0.15) is 5.26 Å². The number of imidazole rings is 1. The lowest BCUT2D eigenvalue weighted by Crippen LogP contribution is -2.24. The summed E-state index contributed by atoms with van der Waals surface area (Å²) in [4.78, 5) is 25.1. The smallest absolute Gasteiger partial charge is 0.291 e. The molecule has 0 aliphatic carbocycles. The molecule has 5 aromatic rings. The van der Waals surface area contributed by atoms with Gasteiger partial charge in [-0.15, -0.1) is 0 Å². The molecule has 0 unspecified atom stereocenters. The summed E-state index contributed by atoms with van der Waals surface area (Å²) in [6, 6.07) is 17.7. The molecule has 2 aliphatic rings. The molecule has 7 rings (SSSR count). The number of fused-ring (bicyclic) bond motifs is 2. The average Bonchev–Trinajstić information content (AvgIpc) is 3.78. The molecule has 1 fully saturated rings. The van der Waals surface area contributed by atoms with Crippen molar-refractivity contribution in [3.05, 3.63) is 87.5 Å². The van der Waals surface area contributed by atoms with Crippen LogP contribution in [-0.4, -0.2) is 45.0 Å². The fourth-order valence-electron chi connectivity index (χ4n) is 6.41. The zero-order valence-corrected chi connectivity index (χ0v) is 25.5. The molecule has 1 amide bonds. The largest absolute Gasteiger partial charge is 0.435 e. The van der Waals surface area contributed by atoms with Crippen LogP contribution >= 0.6 is 11.6 Å². The highest BCUT2D eigenvalue weighted by Crippen LogP contribution is 2.39. The maximum Gasteiger partial charge on any atom is 0.291 e. The second-order valence-electron chi connectivity index (χ2n) is 11.5. The summed E-state index contributed by atoms with van der Waals surface area (Å²) in [5.41, 5.74) is 8.59. The zero-order chi connectivity index (χ0) is 30.4. The highest BCUT2D eigenvalue weighted by molar-refractivity contribution is 6.36. The molecule has 2 aromatic heterocycles. The number of rotatable bonds is 6. The van der Waals surface area contributed by atoms with Gasteiger partial charge >= 0.3 is 0 Å². The van der Waals surface area contributed by atoms with Crippen molar-refractivity contribution in [3.63, 3.8) is 0 Å². The molecule has 2 aliphatic heterocycles. The van der Waals surface area contributed by atoms with Gasteiger partial charge in [0.25, 0.3) is 5.91 Å². The number of amides is 1. The Morgan fingerprint density at radius 2 is 1.89 bits per heavy atom. The number of nitrogens with one attached hydrogen (secondary N) is 2. The van der Waals surface area contributed by atoms with Crippen LogP contribution in [0.5, 0.6) is 0 Å². The van der Waals surface area contributed by atoms with Crippen LogP contribution in [0.25, 0.3) is 33.7 Å². The van der Waals surface area contributed by atoms with E-state index in [1.807, 2.05) is 61.0 Å². The number of hydrogen-bond donors (Lipinski definition) is 2. The zero-order valence-electron chi connectivity index (χ0n) is 24.7. The number of anilines is 1. The molecule has 10 heteroatoms. The number of nitrogens with zero attached hydrogens (tertiary/aromatic N) is 5. The third-order valence-electron chi connectivity index (χ3n) is 8.71. The fraction of sp³-hybridized carbons (Fsp3) is 0.294. The number of nitriles is 1. The highest BCUT2D eigenvalue weighted by Gasteiger charge is 2.24. The summed E-state index contributed by atoms with van der Waals surface area (Å²) in [5, 5.41) is 16.6. The van der Waals surface area contributed by atoms with E-state index in [9.17, 15) is 10.1 Å². The summed E-state index contributed by atoms with van der Waals surface area (Å²) in [5.74, 6) is 0.493. The molecule has 4 heterocycles. The van der Waals surface area contributed by atoms with E-state index in [1.165, 1.54) is 12.8 Å². The molecule has 9 nitrogen and oxygen atoms in total. The van der Waals surface area contributed by atoms with Gasteiger partial charge < -0.3 is 19.6 Å². The van der Waals surface area contributed by atoms with Gasteiger partial charge in [0.1, 0.15) is 11.6 Å². The Bertz CT molecular complexity index is 1960. The van der Waals surface area contributed by atoms with E-state index >= 15 is 0 Å². The normalized spacial score (nSPS) is 15.0. The number of carbonyl (C=O) groups is 1. The van der Waals surface area contributed by atoms with Crippen molar-refractivity contribution in [3.8, 4) is 28.7 Å². The Morgan fingerprint density at radius 3 is 2.68 bits per heavy atom. The number of carbonyl (C=O) groups excluding carboxylic acids is 1. The number of aromatic nitrogens is 3. The molecule has 222 valence electrons. The molecule has 2 N–H and O–H groups in total. The summed E-state index contributed by atoms with van der Waals surface area (Å²) in [6.07, 6.45) is 3.25. The first-order chi connectivity index (χ1) is 21.4. The minimum atomic E-state index is -0.310. The van der Waals surface area contributed by atoms with Gasteiger partial charge in [-0.25, -0.2) is 9.97 Å². The second-order valence-corrected chi connectivity index (χ2v) is 11.9. The van der Waals surface area contributed by atoms with E-state index in [0.29, 0.717) is 45.6 Å². The van der Waals surface area contributed by atoms with E-state index in [2.05, 4.69) is 26.6 Å². The van der Waals surface area contributed by atoms with E-state index in [1.54, 1.807) is 6.07 Å². The van der Waals surface area contributed by atoms with Gasteiger partial charge in [0.15, 0.2) is 11.4 Å². The molecular formula is C34H32ClN7O2. The predicted octanol–water partition coefficient (Wildman–Crippen LogP) is 6.22. The van der Waals surface area contributed by atoms with Crippen LogP contribution in [0.2, 0.25) is 5.02 Å². The Morgan fingerprint density at radius 1 is 1.11 bits per heavy atom. The van der Waals surface area contributed by atoms with Crippen molar-refractivity contribution >= 4 is 34.3 Å². The third-order valence-corrected chi connectivity index (χ3v) is 9.11. The van der Waals surface area contributed by atoms with Crippen molar-refractivity contribution in [1.82, 2.24) is 24.8 Å².